The number of aromatic amines is 1. The van der Waals surface area contributed by atoms with Gasteiger partial charge in [0.15, 0.2) is 5.82 Å². The summed E-state index contributed by atoms with van der Waals surface area (Å²) in [6, 6.07) is 32.4. The normalized spacial score (nSPS) is 15.2. The van der Waals surface area contributed by atoms with E-state index >= 15 is 0 Å². The van der Waals surface area contributed by atoms with Gasteiger partial charge in [-0.1, -0.05) is 107 Å². The van der Waals surface area contributed by atoms with Crippen molar-refractivity contribution in [3.63, 3.8) is 0 Å². The van der Waals surface area contributed by atoms with Gasteiger partial charge < -0.3 is 0 Å². The fourth-order valence-electron chi connectivity index (χ4n) is 4.46. The number of nitrogens with zero attached hydrogens (tertiary/aromatic N) is 4. The van der Waals surface area contributed by atoms with Gasteiger partial charge in [-0.3, -0.25) is 9.89 Å². The van der Waals surface area contributed by atoms with Crippen molar-refractivity contribution >= 4 is 50.1 Å². The molecule has 1 aliphatic rings. The molecule has 5 aromatic rings. The summed E-state index contributed by atoms with van der Waals surface area (Å²) in [5.74, 6) is 0.780. The Labute approximate surface area is 226 Å². The molecule has 0 saturated heterocycles. The SMILES string of the molecule is O=C(CSc1n[nH]c(-c2ccc(Br)cc2)n1)N1N=C(c2ccc3ccccc3c2)C[C@H]1c1ccccc1. The lowest BCUT2D eigenvalue weighted by Gasteiger charge is -2.21. The molecule has 0 aliphatic carbocycles. The van der Waals surface area contributed by atoms with E-state index in [-0.39, 0.29) is 17.7 Å². The second kappa shape index (κ2) is 10.3. The zero-order valence-corrected chi connectivity index (χ0v) is 22.1. The highest BCUT2D eigenvalue weighted by molar-refractivity contribution is 9.10. The topological polar surface area (TPSA) is 74.2 Å². The molecule has 1 N–H and O–H groups in total. The number of nitrogens with one attached hydrogen (secondary N) is 1. The Morgan fingerprint density at radius 2 is 1.65 bits per heavy atom. The number of rotatable bonds is 6. The third-order valence-electron chi connectivity index (χ3n) is 6.34. The number of thioether (sulfide) groups is 1. The predicted molar refractivity (Wildman–Crippen MR) is 151 cm³/mol. The Balaban J connectivity index is 1.23. The van der Waals surface area contributed by atoms with Gasteiger partial charge in [-0.15, -0.1) is 5.10 Å². The van der Waals surface area contributed by atoms with E-state index < -0.39 is 0 Å². The first-order valence-electron chi connectivity index (χ1n) is 11.9. The zero-order chi connectivity index (χ0) is 25.2. The first kappa shape index (κ1) is 23.6. The first-order valence-corrected chi connectivity index (χ1v) is 13.7. The average molecular weight is 569 g/mol. The molecule has 182 valence electrons. The number of halogens is 1. The summed E-state index contributed by atoms with van der Waals surface area (Å²) in [7, 11) is 0. The van der Waals surface area contributed by atoms with E-state index in [0.29, 0.717) is 17.4 Å². The van der Waals surface area contributed by atoms with Crippen LogP contribution in [0.3, 0.4) is 0 Å². The van der Waals surface area contributed by atoms with E-state index in [1.807, 2.05) is 54.6 Å². The number of amides is 1. The van der Waals surface area contributed by atoms with Crippen molar-refractivity contribution in [1.29, 1.82) is 0 Å². The molecule has 1 aliphatic heterocycles. The molecule has 8 heteroatoms. The Morgan fingerprint density at radius 3 is 2.46 bits per heavy atom. The molecular formula is C29H22BrN5OS. The molecule has 37 heavy (non-hydrogen) atoms. The van der Waals surface area contributed by atoms with Crippen LogP contribution in [-0.2, 0) is 4.79 Å². The third kappa shape index (κ3) is 5.08. The van der Waals surface area contributed by atoms with Crippen LogP contribution in [0.1, 0.15) is 23.6 Å². The number of benzene rings is 4. The van der Waals surface area contributed by atoms with Crippen LogP contribution in [0, 0.1) is 0 Å². The Bertz CT molecular complexity index is 1600. The molecule has 0 saturated carbocycles. The molecule has 0 bridgehead atoms. The maximum Gasteiger partial charge on any atom is 0.253 e. The Morgan fingerprint density at radius 1 is 0.919 bits per heavy atom. The lowest BCUT2D eigenvalue weighted by Crippen LogP contribution is -2.28. The molecule has 1 atom stereocenters. The summed E-state index contributed by atoms with van der Waals surface area (Å²) in [6.07, 6.45) is 0.660. The molecule has 6 nitrogen and oxygen atoms in total. The van der Waals surface area contributed by atoms with Crippen molar-refractivity contribution in [2.75, 3.05) is 5.75 Å². The second-order valence-corrected chi connectivity index (χ2v) is 10.6. The average Bonchev–Trinajstić information content (AvgIpc) is 3.61. The summed E-state index contributed by atoms with van der Waals surface area (Å²) in [6.45, 7) is 0. The molecule has 0 spiro atoms. The first-order chi connectivity index (χ1) is 18.1. The van der Waals surface area contributed by atoms with Crippen LogP contribution in [0.4, 0.5) is 0 Å². The van der Waals surface area contributed by atoms with Crippen molar-refractivity contribution in [2.24, 2.45) is 5.10 Å². The van der Waals surface area contributed by atoms with Crippen molar-refractivity contribution in [1.82, 2.24) is 20.2 Å². The Hall–Kier alpha value is -3.75. The molecule has 4 aromatic carbocycles. The van der Waals surface area contributed by atoms with Crippen molar-refractivity contribution in [2.45, 2.75) is 17.6 Å². The molecule has 6 rings (SSSR count). The maximum atomic E-state index is 13.4. The summed E-state index contributed by atoms with van der Waals surface area (Å²) < 4.78 is 0.998. The van der Waals surface area contributed by atoms with Gasteiger partial charge in [-0.25, -0.2) is 9.99 Å². The van der Waals surface area contributed by atoms with E-state index in [9.17, 15) is 4.79 Å². The minimum atomic E-state index is -0.152. The molecule has 0 unspecified atom stereocenters. The van der Waals surface area contributed by atoms with E-state index in [1.54, 1.807) is 5.01 Å². The Kier molecular flexibility index (Phi) is 6.59. The van der Waals surface area contributed by atoms with Crippen LogP contribution in [0.5, 0.6) is 0 Å². The van der Waals surface area contributed by atoms with Crippen LogP contribution < -0.4 is 0 Å². The zero-order valence-electron chi connectivity index (χ0n) is 19.7. The van der Waals surface area contributed by atoms with Gasteiger partial charge in [-0.05, 0) is 40.1 Å². The molecule has 0 radical (unpaired) electrons. The molecule has 1 amide bonds. The fourth-order valence-corrected chi connectivity index (χ4v) is 5.37. The molecular weight excluding hydrogens is 546 g/mol. The summed E-state index contributed by atoms with van der Waals surface area (Å²) in [5, 5.41) is 16.6. The maximum absolute atomic E-state index is 13.4. The third-order valence-corrected chi connectivity index (χ3v) is 7.70. The van der Waals surface area contributed by atoms with Crippen LogP contribution in [0.25, 0.3) is 22.2 Å². The lowest BCUT2D eigenvalue weighted by molar-refractivity contribution is -0.130. The molecule has 0 fully saturated rings. The van der Waals surface area contributed by atoms with E-state index in [2.05, 4.69) is 73.6 Å². The fraction of sp³-hybridized carbons (Fsp3) is 0.103. The number of hydrogen-bond acceptors (Lipinski definition) is 5. The largest absolute Gasteiger partial charge is 0.272 e. The minimum absolute atomic E-state index is 0.0790. The van der Waals surface area contributed by atoms with Crippen molar-refractivity contribution in [3.8, 4) is 11.4 Å². The summed E-state index contributed by atoms with van der Waals surface area (Å²) in [4.78, 5) is 18.0. The van der Waals surface area contributed by atoms with E-state index in [4.69, 9.17) is 5.10 Å². The van der Waals surface area contributed by atoms with Crippen molar-refractivity contribution in [3.05, 3.63) is 113 Å². The van der Waals surface area contributed by atoms with Gasteiger partial charge in [0.1, 0.15) is 0 Å². The molecule has 2 heterocycles. The highest BCUT2D eigenvalue weighted by Crippen LogP contribution is 2.34. The monoisotopic (exact) mass is 567 g/mol. The number of aromatic nitrogens is 3. The molecule has 1 aromatic heterocycles. The summed E-state index contributed by atoms with van der Waals surface area (Å²) in [5.41, 5.74) is 3.95. The number of hydrazone groups is 1. The van der Waals surface area contributed by atoms with Crippen molar-refractivity contribution < 1.29 is 4.79 Å². The highest BCUT2D eigenvalue weighted by atomic mass is 79.9. The van der Waals surface area contributed by atoms with Gasteiger partial charge in [0, 0.05) is 16.5 Å². The van der Waals surface area contributed by atoms with Gasteiger partial charge in [0.2, 0.25) is 5.16 Å². The number of fused-ring (bicyclic) bond motifs is 1. The van der Waals surface area contributed by atoms with Gasteiger partial charge >= 0.3 is 0 Å². The smallest absolute Gasteiger partial charge is 0.253 e. The van der Waals surface area contributed by atoms with Crippen LogP contribution >= 0.6 is 27.7 Å². The van der Waals surface area contributed by atoms with E-state index in [1.165, 1.54) is 17.1 Å². The number of carbonyl (C=O) groups is 1. The summed E-state index contributed by atoms with van der Waals surface area (Å²) >= 11 is 4.75. The standard InChI is InChI=1S/C29H22BrN5OS/c30-24-14-12-21(13-15-24)28-31-29(33-32-28)37-18-27(36)35-26(20-7-2-1-3-8-20)17-25(34-35)23-11-10-19-6-4-5-9-22(19)16-23/h1-16,26H,17-18H2,(H,31,32,33)/t26-/m0/s1. The van der Waals surface area contributed by atoms with Crippen LogP contribution in [0.15, 0.2) is 112 Å². The van der Waals surface area contributed by atoms with Gasteiger partial charge in [0.25, 0.3) is 5.91 Å². The predicted octanol–water partition coefficient (Wildman–Crippen LogP) is 6.86. The van der Waals surface area contributed by atoms with Gasteiger partial charge in [0.05, 0.1) is 17.5 Å². The van der Waals surface area contributed by atoms with Crippen LogP contribution in [0.2, 0.25) is 0 Å². The number of H-pyrrole nitrogens is 1. The number of carbonyl (C=O) groups excluding carboxylic acids is 1. The van der Waals surface area contributed by atoms with Crippen LogP contribution in [-0.4, -0.2) is 37.6 Å². The lowest BCUT2D eigenvalue weighted by atomic mass is 9.97. The van der Waals surface area contributed by atoms with Gasteiger partial charge in [-0.2, -0.15) is 5.10 Å². The second-order valence-electron chi connectivity index (χ2n) is 8.74. The van der Waals surface area contributed by atoms with E-state index in [0.717, 1.165) is 32.3 Å². The quantitative estimate of drug-likeness (QED) is 0.227. The highest BCUT2D eigenvalue weighted by Gasteiger charge is 2.33. The minimum Gasteiger partial charge on any atom is -0.272 e. The number of hydrogen-bond donors (Lipinski definition) is 1.